The van der Waals surface area contributed by atoms with E-state index in [2.05, 4.69) is 35.9 Å². The molecule has 0 aliphatic heterocycles. The minimum atomic E-state index is -0.490. The second kappa shape index (κ2) is 6.28. The SMILES string of the molecule is COC(=O)C(N)CCCc1ccc(C)cc1. The van der Waals surface area contributed by atoms with Gasteiger partial charge in [0.05, 0.1) is 7.11 Å². The van der Waals surface area contributed by atoms with E-state index in [9.17, 15) is 4.79 Å². The summed E-state index contributed by atoms with van der Waals surface area (Å²) >= 11 is 0. The summed E-state index contributed by atoms with van der Waals surface area (Å²) in [6, 6.07) is 7.92. The monoisotopic (exact) mass is 221 g/mol. The molecular formula is C13H19NO2. The lowest BCUT2D eigenvalue weighted by Crippen LogP contribution is -2.31. The number of aryl methyl sites for hydroxylation is 2. The number of methoxy groups -OCH3 is 1. The highest BCUT2D eigenvalue weighted by atomic mass is 16.5. The zero-order valence-corrected chi connectivity index (χ0v) is 9.90. The number of benzene rings is 1. The molecule has 2 N–H and O–H groups in total. The van der Waals surface area contributed by atoms with Crippen LogP contribution in [0.3, 0.4) is 0 Å². The maximum absolute atomic E-state index is 11.1. The maximum Gasteiger partial charge on any atom is 0.322 e. The van der Waals surface area contributed by atoms with Gasteiger partial charge in [-0.25, -0.2) is 0 Å². The van der Waals surface area contributed by atoms with Crippen LogP contribution in [-0.2, 0) is 16.0 Å². The average Bonchev–Trinajstić information content (AvgIpc) is 2.30. The largest absolute Gasteiger partial charge is 0.468 e. The third-order valence-electron chi connectivity index (χ3n) is 2.61. The van der Waals surface area contributed by atoms with Crippen LogP contribution in [0, 0.1) is 6.92 Å². The Labute approximate surface area is 96.6 Å². The van der Waals surface area contributed by atoms with Gasteiger partial charge < -0.3 is 10.5 Å². The standard InChI is InChI=1S/C13H19NO2/c1-10-6-8-11(9-7-10)4-3-5-12(14)13(15)16-2/h6-9,12H,3-5,14H2,1-2H3. The lowest BCUT2D eigenvalue weighted by molar-refractivity contribution is -0.142. The van der Waals surface area contributed by atoms with Crippen LogP contribution in [-0.4, -0.2) is 19.1 Å². The molecule has 1 rings (SSSR count). The number of rotatable bonds is 5. The first-order valence-electron chi connectivity index (χ1n) is 5.52. The van der Waals surface area contributed by atoms with E-state index in [1.54, 1.807) is 0 Å². The van der Waals surface area contributed by atoms with Gasteiger partial charge in [0.15, 0.2) is 0 Å². The molecule has 88 valence electrons. The molecular weight excluding hydrogens is 202 g/mol. The molecule has 0 saturated carbocycles. The van der Waals surface area contributed by atoms with Crippen molar-refractivity contribution in [3.63, 3.8) is 0 Å². The molecule has 0 aliphatic rings. The Morgan fingerprint density at radius 3 is 2.56 bits per heavy atom. The van der Waals surface area contributed by atoms with Gasteiger partial charge in [-0.1, -0.05) is 29.8 Å². The normalized spacial score (nSPS) is 12.2. The summed E-state index contributed by atoms with van der Waals surface area (Å²) in [5.74, 6) is -0.330. The van der Waals surface area contributed by atoms with E-state index in [0.29, 0.717) is 6.42 Å². The fourth-order valence-electron chi connectivity index (χ4n) is 1.55. The number of carbonyl (C=O) groups excluding carboxylic acids is 1. The summed E-state index contributed by atoms with van der Waals surface area (Å²) < 4.78 is 4.57. The van der Waals surface area contributed by atoms with E-state index in [1.165, 1.54) is 18.2 Å². The summed E-state index contributed by atoms with van der Waals surface area (Å²) in [5, 5.41) is 0. The van der Waals surface area contributed by atoms with Gasteiger partial charge in [-0.05, 0) is 31.7 Å². The fraction of sp³-hybridized carbons (Fsp3) is 0.462. The van der Waals surface area contributed by atoms with Crippen molar-refractivity contribution in [3.05, 3.63) is 35.4 Å². The van der Waals surface area contributed by atoms with Gasteiger partial charge in [-0.3, -0.25) is 4.79 Å². The van der Waals surface area contributed by atoms with Crippen LogP contribution in [0.1, 0.15) is 24.0 Å². The molecule has 0 amide bonds. The Morgan fingerprint density at radius 2 is 2.00 bits per heavy atom. The predicted octanol–water partition coefficient (Wildman–Crippen LogP) is 1.82. The number of hydrogen-bond acceptors (Lipinski definition) is 3. The molecule has 16 heavy (non-hydrogen) atoms. The highest BCUT2D eigenvalue weighted by Gasteiger charge is 2.12. The zero-order valence-electron chi connectivity index (χ0n) is 9.90. The van der Waals surface area contributed by atoms with Gasteiger partial charge in [-0.15, -0.1) is 0 Å². The summed E-state index contributed by atoms with van der Waals surface area (Å²) in [4.78, 5) is 11.1. The maximum atomic E-state index is 11.1. The van der Waals surface area contributed by atoms with Crippen molar-refractivity contribution < 1.29 is 9.53 Å². The number of esters is 1. The van der Waals surface area contributed by atoms with E-state index in [0.717, 1.165) is 12.8 Å². The second-order valence-electron chi connectivity index (χ2n) is 4.01. The minimum absolute atomic E-state index is 0.330. The predicted molar refractivity (Wildman–Crippen MR) is 64.1 cm³/mol. The van der Waals surface area contributed by atoms with Crippen molar-refractivity contribution in [2.45, 2.75) is 32.2 Å². The van der Waals surface area contributed by atoms with E-state index >= 15 is 0 Å². The molecule has 0 heterocycles. The molecule has 0 spiro atoms. The summed E-state index contributed by atoms with van der Waals surface area (Å²) in [7, 11) is 1.36. The fourth-order valence-corrected chi connectivity index (χ4v) is 1.55. The van der Waals surface area contributed by atoms with Gasteiger partial charge in [0.25, 0.3) is 0 Å². The third kappa shape index (κ3) is 4.03. The van der Waals surface area contributed by atoms with Crippen LogP contribution in [0.5, 0.6) is 0 Å². The van der Waals surface area contributed by atoms with Gasteiger partial charge in [0.2, 0.25) is 0 Å². The summed E-state index contributed by atoms with van der Waals surface area (Å²) in [5.41, 5.74) is 8.18. The first-order chi connectivity index (χ1) is 7.63. The van der Waals surface area contributed by atoms with Crippen LogP contribution in [0.25, 0.3) is 0 Å². The minimum Gasteiger partial charge on any atom is -0.468 e. The molecule has 0 aliphatic carbocycles. The number of hydrogen-bond donors (Lipinski definition) is 1. The molecule has 1 unspecified atom stereocenters. The Hall–Kier alpha value is -1.35. The van der Waals surface area contributed by atoms with Crippen molar-refractivity contribution in [3.8, 4) is 0 Å². The Morgan fingerprint density at radius 1 is 1.38 bits per heavy atom. The molecule has 0 fully saturated rings. The molecule has 0 radical (unpaired) electrons. The molecule has 1 atom stereocenters. The smallest absolute Gasteiger partial charge is 0.322 e. The molecule has 3 nitrogen and oxygen atoms in total. The molecule has 3 heteroatoms. The zero-order chi connectivity index (χ0) is 12.0. The second-order valence-corrected chi connectivity index (χ2v) is 4.01. The highest BCUT2D eigenvalue weighted by molar-refractivity contribution is 5.75. The summed E-state index contributed by atoms with van der Waals surface area (Å²) in [6.45, 7) is 2.07. The van der Waals surface area contributed by atoms with E-state index < -0.39 is 6.04 Å². The van der Waals surface area contributed by atoms with Crippen LogP contribution >= 0.6 is 0 Å². The highest BCUT2D eigenvalue weighted by Crippen LogP contribution is 2.08. The van der Waals surface area contributed by atoms with Crippen molar-refractivity contribution in [1.82, 2.24) is 0 Å². The van der Waals surface area contributed by atoms with Gasteiger partial charge in [0, 0.05) is 0 Å². The van der Waals surface area contributed by atoms with Crippen molar-refractivity contribution >= 4 is 5.97 Å². The number of nitrogens with two attached hydrogens (primary N) is 1. The van der Waals surface area contributed by atoms with E-state index in [1.807, 2.05) is 0 Å². The van der Waals surface area contributed by atoms with Gasteiger partial charge in [0.1, 0.15) is 6.04 Å². The van der Waals surface area contributed by atoms with Gasteiger partial charge >= 0.3 is 5.97 Å². The topological polar surface area (TPSA) is 52.3 Å². The number of carbonyl (C=O) groups is 1. The summed E-state index contributed by atoms with van der Waals surface area (Å²) in [6.07, 6.45) is 2.52. The van der Waals surface area contributed by atoms with Crippen LogP contribution in [0.4, 0.5) is 0 Å². The molecule has 1 aromatic rings. The third-order valence-corrected chi connectivity index (χ3v) is 2.61. The molecule has 0 bridgehead atoms. The van der Waals surface area contributed by atoms with Crippen LogP contribution in [0.2, 0.25) is 0 Å². The van der Waals surface area contributed by atoms with Crippen molar-refractivity contribution in [2.24, 2.45) is 5.73 Å². The van der Waals surface area contributed by atoms with Crippen LogP contribution < -0.4 is 5.73 Å². The van der Waals surface area contributed by atoms with Crippen LogP contribution in [0.15, 0.2) is 24.3 Å². The van der Waals surface area contributed by atoms with Crippen molar-refractivity contribution in [2.75, 3.05) is 7.11 Å². The molecule has 0 saturated heterocycles. The van der Waals surface area contributed by atoms with E-state index in [4.69, 9.17) is 5.73 Å². The Bertz CT molecular complexity index is 332. The van der Waals surface area contributed by atoms with Crippen molar-refractivity contribution in [1.29, 1.82) is 0 Å². The molecule has 0 aromatic heterocycles. The lowest BCUT2D eigenvalue weighted by atomic mass is 10.0. The van der Waals surface area contributed by atoms with E-state index in [-0.39, 0.29) is 5.97 Å². The Balaban J connectivity index is 2.30. The first-order valence-corrected chi connectivity index (χ1v) is 5.52. The lowest BCUT2D eigenvalue weighted by Gasteiger charge is -2.08. The quantitative estimate of drug-likeness (QED) is 0.772. The van der Waals surface area contributed by atoms with Gasteiger partial charge in [-0.2, -0.15) is 0 Å². The first kappa shape index (κ1) is 12.7. The molecule has 1 aromatic carbocycles. The average molecular weight is 221 g/mol. The number of ether oxygens (including phenoxy) is 1. The Kier molecular flexibility index (Phi) is 4.99.